The van der Waals surface area contributed by atoms with E-state index in [9.17, 15) is 9.18 Å². The molecule has 31 heavy (non-hydrogen) atoms. The summed E-state index contributed by atoms with van der Waals surface area (Å²) in [5.74, 6) is 0.501. The zero-order valence-corrected chi connectivity index (χ0v) is 16.9. The highest BCUT2D eigenvalue weighted by molar-refractivity contribution is 5.77. The summed E-state index contributed by atoms with van der Waals surface area (Å²) in [4.78, 5) is 17.0. The highest BCUT2D eigenvalue weighted by Gasteiger charge is 2.17. The van der Waals surface area contributed by atoms with Crippen LogP contribution >= 0.6 is 0 Å². The maximum Gasteiger partial charge on any atom is 0.226 e. The van der Waals surface area contributed by atoms with Crippen LogP contribution in [0.1, 0.15) is 35.9 Å². The molecule has 0 saturated heterocycles. The SMILES string of the molecule is O=C(CCCc1nc(-c2ccc(F)cc2)no1)NC(c1ccccc1)c1ccccc1. The van der Waals surface area contributed by atoms with E-state index < -0.39 is 0 Å². The summed E-state index contributed by atoms with van der Waals surface area (Å²) in [7, 11) is 0. The van der Waals surface area contributed by atoms with Gasteiger partial charge in [0.05, 0.1) is 6.04 Å². The third-order valence-electron chi connectivity index (χ3n) is 4.94. The van der Waals surface area contributed by atoms with Crippen LogP contribution in [0.3, 0.4) is 0 Å². The molecule has 0 bridgehead atoms. The Morgan fingerprint density at radius 3 is 2.13 bits per heavy atom. The molecule has 6 heteroatoms. The normalized spacial score (nSPS) is 10.9. The maximum atomic E-state index is 13.1. The molecular formula is C25H22FN3O2. The number of hydrogen-bond acceptors (Lipinski definition) is 4. The van der Waals surface area contributed by atoms with Gasteiger partial charge in [-0.25, -0.2) is 4.39 Å². The summed E-state index contributed by atoms with van der Waals surface area (Å²) in [5, 5.41) is 7.06. The van der Waals surface area contributed by atoms with E-state index in [1.54, 1.807) is 12.1 Å². The lowest BCUT2D eigenvalue weighted by molar-refractivity contribution is -0.121. The molecule has 0 saturated carbocycles. The van der Waals surface area contributed by atoms with Gasteiger partial charge in [-0.3, -0.25) is 4.79 Å². The standard InChI is InChI=1S/C25H22FN3O2/c26-21-16-14-20(15-17-21)25-28-23(31-29-25)13-7-12-22(30)27-24(18-8-3-1-4-9-18)19-10-5-2-6-11-19/h1-6,8-11,14-17,24H,7,12-13H2,(H,27,30). The number of hydrogen-bond donors (Lipinski definition) is 1. The molecule has 4 rings (SSSR count). The summed E-state index contributed by atoms with van der Waals surface area (Å²) in [6, 6.07) is 25.5. The fourth-order valence-electron chi connectivity index (χ4n) is 3.36. The molecule has 0 unspecified atom stereocenters. The number of aromatic nitrogens is 2. The molecule has 1 aromatic heterocycles. The van der Waals surface area contributed by atoms with Gasteiger partial charge in [0.2, 0.25) is 17.6 Å². The van der Waals surface area contributed by atoms with Gasteiger partial charge >= 0.3 is 0 Å². The maximum absolute atomic E-state index is 13.1. The van der Waals surface area contributed by atoms with Crippen LogP contribution in [0, 0.1) is 5.82 Å². The van der Waals surface area contributed by atoms with Crippen LogP contribution in [-0.4, -0.2) is 16.0 Å². The average Bonchev–Trinajstić information content (AvgIpc) is 3.28. The van der Waals surface area contributed by atoms with Crippen LogP contribution in [0.5, 0.6) is 0 Å². The van der Waals surface area contributed by atoms with Gasteiger partial charge in [0.1, 0.15) is 5.82 Å². The fourth-order valence-corrected chi connectivity index (χ4v) is 3.36. The van der Waals surface area contributed by atoms with Gasteiger partial charge in [0, 0.05) is 18.4 Å². The number of aryl methyl sites for hydroxylation is 1. The van der Waals surface area contributed by atoms with E-state index in [0.717, 1.165) is 11.1 Å². The summed E-state index contributed by atoms with van der Waals surface area (Å²) >= 11 is 0. The van der Waals surface area contributed by atoms with E-state index in [1.807, 2.05) is 60.7 Å². The summed E-state index contributed by atoms with van der Waals surface area (Å²) in [5.41, 5.74) is 2.74. The lowest BCUT2D eigenvalue weighted by Gasteiger charge is -2.20. The van der Waals surface area contributed by atoms with Crippen LogP contribution < -0.4 is 5.32 Å². The van der Waals surface area contributed by atoms with Crippen LogP contribution in [0.25, 0.3) is 11.4 Å². The Morgan fingerprint density at radius 2 is 1.52 bits per heavy atom. The molecule has 3 aromatic carbocycles. The fraction of sp³-hybridized carbons (Fsp3) is 0.160. The minimum absolute atomic E-state index is 0.0454. The van der Waals surface area contributed by atoms with Gasteiger partial charge in [-0.1, -0.05) is 65.8 Å². The summed E-state index contributed by atoms with van der Waals surface area (Å²) in [6.07, 6.45) is 1.40. The van der Waals surface area contributed by atoms with Gasteiger partial charge in [0.25, 0.3) is 0 Å². The van der Waals surface area contributed by atoms with Crippen LogP contribution in [0.15, 0.2) is 89.5 Å². The Labute approximate surface area is 179 Å². The van der Waals surface area contributed by atoms with Crippen LogP contribution in [0.2, 0.25) is 0 Å². The summed E-state index contributed by atoms with van der Waals surface area (Å²) in [6.45, 7) is 0. The third-order valence-corrected chi connectivity index (χ3v) is 4.94. The second-order valence-corrected chi connectivity index (χ2v) is 7.19. The van der Waals surface area contributed by atoms with E-state index >= 15 is 0 Å². The Kier molecular flexibility index (Phi) is 6.47. The molecule has 0 aliphatic carbocycles. The molecule has 5 nitrogen and oxygen atoms in total. The molecule has 1 amide bonds. The predicted molar refractivity (Wildman–Crippen MR) is 115 cm³/mol. The first kappa shape index (κ1) is 20.5. The third kappa shape index (κ3) is 5.42. The van der Waals surface area contributed by atoms with Gasteiger partial charge in [-0.2, -0.15) is 4.98 Å². The van der Waals surface area contributed by atoms with Crippen molar-refractivity contribution in [2.24, 2.45) is 0 Å². The van der Waals surface area contributed by atoms with Crippen molar-refractivity contribution in [2.45, 2.75) is 25.3 Å². The van der Waals surface area contributed by atoms with Crippen molar-refractivity contribution in [3.63, 3.8) is 0 Å². The van der Waals surface area contributed by atoms with E-state index in [-0.39, 0.29) is 17.8 Å². The Hall–Kier alpha value is -3.80. The zero-order valence-electron chi connectivity index (χ0n) is 16.9. The van der Waals surface area contributed by atoms with Crippen LogP contribution in [-0.2, 0) is 11.2 Å². The van der Waals surface area contributed by atoms with Crippen molar-refractivity contribution in [1.29, 1.82) is 0 Å². The smallest absolute Gasteiger partial charge is 0.226 e. The second kappa shape index (κ2) is 9.80. The first-order valence-electron chi connectivity index (χ1n) is 10.2. The minimum atomic E-state index is -0.317. The highest BCUT2D eigenvalue weighted by atomic mass is 19.1. The molecule has 1 heterocycles. The first-order valence-corrected chi connectivity index (χ1v) is 10.2. The number of nitrogens with zero attached hydrogens (tertiary/aromatic N) is 2. The monoisotopic (exact) mass is 415 g/mol. The minimum Gasteiger partial charge on any atom is -0.345 e. The highest BCUT2D eigenvalue weighted by Crippen LogP contribution is 2.22. The Bertz CT molecular complexity index is 1070. The molecule has 0 radical (unpaired) electrons. The second-order valence-electron chi connectivity index (χ2n) is 7.19. The van der Waals surface area contributed by atoms with Crippen molar-refractivity contribution >= 4 is 5.91 Å². The van der Waals surface area contributed by atoms with Gasteiger partial charge < -0.3 is 9.84 Å². The topological polar surface area (TPSA) is 68.0 Å². The van der Waals surface area contributed by atoms with E-state index in [1.165, 1.54) is 12.1 Å². The number of amides is 1. The Balaban J connectivity index is 1.34. The zero-order chi connectivity index (χ0) is 21.5. The van der Waals surface area contributed by atoms with Gasteiger partial charge in [-0.05, 0) is 41.8 Å². The number of halogens is 1. The molecule has 0 aliphatic heterocycles. The largest absolute Gasteiger partial charge is 0.345 e. The molecule has 0 fully saturated rings. The molecule has 1 N–H and O–H groups in total. The van der Waals surface area contributed by atoms with Crippen molar-refractivity contribution in [1.82, 2.24) is 15.5 Å². The molecule has 156 valence electrons. The van der Waals surface area contributed by atoms with Gasteiger partial charge in [0.15, 0.2) is 0 Å². The van der Waals surface area contributed by atoms with Crippen molar-refractivity contribution in [3.8, 4) is 11.4 Å². The van der Waals surface area contributed by atoms with E-state index in [4.69, 9.17) is 4.52 Å². The lowest BCUT2D eigenvalue weighted by atomic mass is 9.98. The molecular weight excluding hydrogens is 393 g/mol. The van der Waals surface area contributed by atoms with E-state index in [0.29, 0.717) is 36.5 Å². The molecule has 4 aromatic rings. The predicted octanol–water partition coefficient (Wildman–Crippen LogP) is 5.10. The summed E-state index contributed by atoms with van der Waals surface area (Å²) < 4.78 is 18.3. The number of rotatable bonds is 8. The number of nitrogens with one attached hydrogen (secondary N) is 1. The van der Waals surface area contributed by atoms with Crippen molar-refractivity contribution in [2.75, 3.05) is 0 Å². The lowest BCUT2D eigenvalue weighted by Crippen LogP contribution is -2.29. The van der Waals surface area contributed by atoms with Crippen molar-refractivity contribution in [3.05, 3.63) is 108 Å². The average molecular weight is 415 g/mol. The number of carbonyl (C=O) groups excluding carboxylic acids is 1. The molecule has 0 aliphatic rings. The Morgan fingerprint density at radius 1 is 0.903 bits per heavy atom. The van der Waals surface area contributed by atoms with E-state index in [2.05, 4.69) is 15.5 Å². The molecule has 0 spiro atoms. The van der Waals surface area contributed by atoms with Crippen LogP contribution in [0.4, 0.5) is 4.39 Å². The number of carbonyl (C=O) groups is 1. The van der Waals surface area contributed by atoms with Crippen molar-refractivity contribution < 1.29 is 13.7 Å². The quantitative estimate of drug-likeness (QED) is 0.435. The molecule has 0 atom stereocenters. The van der Waals surface area contributed by atoms with Gasteiger partial charge in [-0.15, -0.1) is 0 Å². The first-order chi connectivity index (χ1) is 15.2. The number of benzene rings is 3.